The Hall–Kier alpha value is -2.79. The van der Waals surface area contributed by atoms with Crippen LogP contribution < -0.4 is 5.73 Å². The molecule has 0 spiro atoms. The smallest absolute Gasteiger partial charge is 0.466 e. The van der Waals surface area contributed by atoms with Gasteiger partial charge < -0.3 is 29.6 Å². The summed E-state index contributed by atoms with van der Waals surface area (Å²) >= 11 is 0. The van der Waals surface area contributed by atoms with E-state index in [1.54, 1.807) is 0 Å². The SMILES string of the molecule is CCCCCc1oc(CCCCCCCCCCCCC(=O)O[C@H](COC(=O)CCC/C=C\C/C=C\C/C=C\C/C=C\CCCCCO)COP(=O)(O)OCCN)c(C)c1C. The number of carbonyl (C=O) groups excluding carboxylic acids is 2. The van der Waals surface area contributed by atoms with Gasteiger partial charge in [0.2, 0.25) is 0 Å². The van der Waals surface area contributed by atoms with Crippen molar-refractivity contribution in [3.05, 3.63) is 71.3 Å². The third-order valence-corrected chi connectivity index (χ3v) is 11.5. The first-order valence-corrected chi connectivity index (χ1v) is 25.1. The largest absolute Gasteiger partial charge is 0.472 e. The first-order valence-electron chi connectivity index (χ1n) is 23.6. The van der Waals surface area contributed by atoms with Crippen LogP contribution in [-0.4, -0.2) is 61.0 Å². The monoisotopic (exact) mass is 878 g/mol. The summed E-state index contributed by atoms with van der Waals surface area (Å²) in [4.78, 5) is 35.0. The van der Waals surface area contributed by atoms with Gasteiger partial charge in [0.25, 0.3) is 0 Å². The lowest BCUT2D eigenvalue weighted by molar-refractivity contribution is -0.161. The maximum atomic E-state index is 12.7. The van der Waals surface area contributed by atoms with Crippen LogP contribution in [0, 0.1) is 13.8 Å². The second-order valence-electron chi connectivity index (χ2n) is 15.9. The molecule has 61 heavy (non-hydrogen) atoms. The zero-order valence-electron chi connectivity index (χ0n) is 38.3. The van der Waals surface area contributed by atoms with Crippen molar-refractivity contribution in [2.24, 2.45) is 5.73 Å². The Kier molecular flexibility index (Phi) is 35.8. The lowest BCUT2D eigenvalue weighted by atomic mass is 10.0. The Morgan fingerprint density at radius 1 is 0.639 bits per heavy atom. The molecule has 0 radical (unpaired) electrons. The maximum absolute atomic E-state index is 12.7. The standard InChI is InChI=1S/C49H84NO10P/c1-4-5-29-34-46-43(2)44(3)47(60-46)35-30-25-21-17-14-15-19-23-27-32-37-49(53)59-45(42-58-61(54,55)57-40-38-50)41-56-48(52)36-31-26-22-18-13-11-9-7-6-8-10-12-16-20-24-28-33-39-51/h6,8-9,11-12,16,18,22,45,51H,4-5,7,10,13-15,17,19-21,23-42,50H2,1-3H3,(H,54,55)/b8-6-,11-9-,16-12-,22-18-/t45-/m1/s1. The Labute approximate surface area is 369 Å². The average molecular weight is 878 g/mol. The van der Waals surface area contributed by atoms with Gasteiger partial charge in [0.05, 0.1) is 13.2 Å². The van der Waals surface area contributed by atoms with Gasteiger partial charge >= 0.3 is 19.8 Å². The molecule has 0 saturated carbocycles. The van der Waals surface area contributed by atoms with Crippen LogP contribution in [-0.2, 0) is 45.5 Å². The molecule has 1 aromatic heterocycles. The van der Waals surface area contributed by atoms with Crippen molar-refractivity contribution >= 4 is 19.8 Å². The van der Waals surface area contributed by atoms with Crippen LogP contribution in [0.25, 0.3) is 0 Å². The summed E-state index contributed by atoms with van der Waals surface area (Å²) in [5.74, 6) is 1.44. The number of esters is 2. The molecular formula is C49H84NO10P. The summed E-state index contributed by atoms with van der Waals surface area (Å²) in [5, 5.41) is 8.80. The Bertz CT molecular complexity index is 1420. The molecule has 0 aliphatic rings. The molecule has 1 heterocycles. The molecule has 1 aromatic rings. The maximum Gasteiger partial charge on any atom is 0.472 e. The number of phosphoric acid groups is 1. The number of hydrogen-bond acceptors (Lipinski definition) is 10. The number of nitrogens with two attached hydrogens (primary N) is 1. The third-order valence-electron chi connectivity index (χ3n) is 10.5. The van der Waals surface area contributed by atoms with Crippen LogP contribution in [0.2, 0.25) is 0 Å². The molecule has 2 atom stereocenters. The fraction of sp³-hybridized carbons (Fsp3) is 0.714. The molecule has 0 saturated heterocycles. The summed E-state index contributed by atoms with van der Waals surface area (Å²) in [5.41, 5.74) is 8.03. The predicted octanol–water partition coefficient (Wildman–Crippen LogP) is 12.1. The summed E-state index contributed by atoms with van der Waals surface area (Å²) in [7, 11) is -4.41. The molecule has 0 amide bonds. The van der Waals surface area contributed by atoms with Gasteiger partial charge in [0.1, 0.15) is 18.1 Å². The summed E-state index contributed by atoms with van der Waals surface area (Å²) < 4.78 is 39.1. The van der Waals surface area contributed by atoms with Gasteiger partial charge in [-0.15, -0.1) is 0 Å². The molecule has 11 nitrogen and oxygen atoms in total. The molecule has 0 aromatic carbocycles. The van der Waals surface area contributed by atoms with E-state index >= 15 is 0 Å². The quantitative estimate of drug-likeness (QED) is 0.0248. The molecule has 0 fully saturated rings. The highest BCUT2D eigenvalue weighted by Gasteiger charge is 2.26. The fourth-order valence-corrected chi connectivity index (χ4v) is 7.43. The zero-order valence-corrected chi connectivity index (χ0v) is 39.2. The van der Waals surface area contributed by atoms with E-state index in [4.69, 9.17) is 33.8 Å². The first kappa shape index (κ1) is 56.2. The Morgan fingerprint density at radius 3 is 1.69 bits per heavy atom. The second-order valence-corrected chi connectivity index (χ2v) is 17.4. The van der Waals surface area contributed by atoms with Gasteiger partial charge in [-0.1, -0.05) is 126 Å². The number of phosphoric ester groups is 1. The van der Waals surface area contributed by atoms with Crippen molar-refractivity contribution in [2.45, 2.75) is 194 Å². The van der Waals surface area contributed by atoms with E-state index in [0.29, 0.717) is 12.8 Å². The van der Waals surface area contributed by atoms with Crippen molar-refractivity contribution in [3.8, 4) is 0 Å². The van der Waals surface area contributed by atoms with Gasteiger partial charge in [-0.3, -0.25) is 18.6 Å². The summed E-state index contributed by atoms with van der Waals surface area (Å²) in [6.45, 7) is 6.01. The highest BCUT2D eigenvalue weighted by Crippen LogP contribution is 2.43. The van der Waals surface area contributed by atoms with Gasteiger partial charge in [-0.05, 0) is 95.6 Å². The van der Waals surface area contributed by atoms with Crippen molar-refractivity contribution in [3.63, 3.8) is 0 Å². The first-order chi connectivity index (χ1) is 29.6. The minimum atomic E-state index is -4.41. The molecule has 350 valence electrons. The second kappa shape index (κ2) is 38.9. The van der Waals surface area contributed by atoms with Crippen LogP contribution in [0.4, 0.5) is 0 Å². The number of furan rings is 1. The van der Waals surface area contributed by atoms with E-state index in [9.17, 15) is 19.0 Å². The van der Waals surface area contributed by atoms with E-state index in [1.165, 1.54) is 80.4 Å². The van der Waals surface area contributed by atoms with Crippen molar-refractivity contribution < 1.29 is 47.1 Å². The van der Waals surface area contributed by atoms with Crippen molar-refractivity contribution in [2.75, 3.05) is 33.0 Å². The van der Waals surface area contributed by atoms with Gasteiger partial charge in [-0.25, -0.2) is 4.57 Å². The van der Waals surface area contributed by atoms with E-state index in [2.05, 4.69) is 63.3 Å². The number of aliphatic hydroxyl groups is 1. The number of aliphatic hydroxyl groups excluding tert-OH is 1. The third kappa shape index (κ3) is 32.5. The summed E-state index contributed by atoms with van der Waals surface area (Å²) in [6, 6.07) is 0. The molecule has 0 aliphatic carbocycles. The predicted molar refractivity (Wildman–Crippen MR) is 247 cm³/mol. The van der Waals surface area contributed by atoms with Crippen molar-refractivity contribution in [1.82, 2.24) is 0 Å². The molecule has 0 aliphatic heterocycles. The summed E-state index contributed by atoms with van der Waals surface area (Å²) in [6.07, 6.45) is 41.2. The average Bonchev–Trinajstić information content (AvgIpc) is 3.51. The number of allylic oxidation sites excluding steroid dienone is 8. The number of carbonyl (C=O) groups is 2. The number of ether oxygens (including phenoxy) is 2. The topological polar surface area (TPSA) is 168 Å². The van der Waals surface area contributed by atoms with Crippen LogP contribution in [0.1, 0.15) is 184 Å². The van der Waals surface area contributed by atoms with Gasteiger partial charge in [0.15, 0.2) is 6.10 Å². The van der Waals surface area contributed by atoms with E-state index in [1.807, 2.05) is 6.08 Å². The Balaban J connectivity index is 2.25. The molecule has 0 bridgehead atoms. The van der Waals surface area contributed by atoms with E-state index in [-0.39, 0.29) is 39.2 Å². The highest BCUT2D eigenvalue weighted by atomic mass is 31.2. The molecule has 12 heteroatoms. The minimum absolute atomic E-state index is 0.0349. The number of hydrogen-bond donors (Lipinski definition) is 3. The van der Waals surface area contributed by atoms with E-state index < -0.39 is 32.5 Å². The molecule has 4 N–H and O–H groups in total. The lowest BCUT2D eigenvalue weighted by Gasteiger charge is -2.19. The van der Waals surface area contributed by atoms with E-state index in [0.717, 1.165) is 83.5 Å². The number of unbranched alkanes of at least 4 members (excludes halogenated alkanes) is 15. The van der Waals surface area contributed by atoms with Crippen LogP contribution >= 0.6 is 7.82 Å². The van der Waals surface area contributed by atoms with Gasteiger partial charge in [-0.2, -0.15) is 0 Å². The number of rotatable bonds is 41. The molecular weight excluding hydrogens is 794 g/mol. The van der Waals surface area contributed by atoms with Crippen LogP contribution in [0.15, 0.2) is 53.0 Å². The Morgan fingerprint density at radius 2 is 1.13 bits per heavy atom. The van der Waals surface area contributed by atoms with Crippen molar-refractivity contribution in [1.29, 1.82) is 0 Å². The lowest BCUT2D eigenvalue weighted by Crippen LogP contribution is -2.29. The minimum Gasteiger partial charge on any atom is -0.466 e. The number of aryl methyl sites for hydroxylation is 2. The normalized spacial score (nSPS) is 13.6. The molecule has 1 unspecified atom stereocenters. The van der Waals surface area contributed by atoms with Crippen LogP contribution in [0.3, 0.4) is 0 Å². The fourth-order valence-electron chi connectivity index (χ4n) is 6.67. The van der Waals surface area contributed by atoms with Crippen LogP contribution in [0.5, 0.6) is 0 Å². The zero-order chi connectivity index (χ0) is 44.7. The highest BCUT2D eigenvalue weighted by molar-refractivity contribution is 7.47. The van der Waals surface area contributed by atoms with Gasteiger partial charge in [0, 0.05) is 38.8 Å². The molecule has 1 rings (SSSR count).